The fraction of sp³-hybridized carbons (Fsp3) is 0.529. The molecule has 5 nitrogen and oxygen atoms in total. The van der Waals surface area contributed by atoms with Crippen LogP contribution < -0.4 is 10.6 Å². The highest BCUT2D eigenvalue weighted by atomic mass is 19.1. The number of anilines is 1. The molecule has 0 aliphatic rings. The lowest BCUT2D eigenvalue weighted by molar-refractivity contribution is -0.136. The fourth-order valence-corrected chi connectivity index (χ4v) is 2.39. The molecule has 0 radical (unpaired) electrons. The number of carbonyl (C=O) groups is 2. The molecule has 0 heterocycles. The van der Waals surface area contributed by atoms with E-state index in [4.69, 9.17) is 5.11 Å². The summed E-state index contributed by atoms with van der Waals surface area (Å²) < 4.78 is 13.4. The second-order valence-corrected chi connectivity index (χ2v) is 6.08. The van der Waals surface area contributed by atoms with E-state index >= 15 is 0 Å². The van der Waals surface area contributed by atoms with Crippen molar-refractivity contribution >= 4 is 17.5 Å². The minimum atomic E-state index is -0.828. The fourth-order valence-electron chi connectivity index (χ4n) is 2.39. The van der Waals surface area contributed by atoms with Gasteiger partial charge in [0.1, 0.15) is 5.82 Å². The number of amides is 2. The lowest BCUT2D eigenvalue weighted by Crippen LogP contribution is -2.38. The van der Waals surface area contributed by atoms with Crippen LogP contribution in [0.2, 0.25) is 0 Å². The minimum Gasteiger partial charge on any atom is -0.396 e. The van der Waals surface area contributed by atoms with Crippen molar-refractivity contribution in [2.24, 2.45) is 11.8 Å². The summed E-state index contributed by atoms with van der Waals surface area (Å²) >= 11 is 0. The first-order valence-electron chi connectivity index (χ1n) is 7.80. The molecule has 23 heavy (non-hydrogen) atoms. The molecule has 0 bridgehead atoms. The van der Waals surface area contributed by atoms with E-state index in [1.54, 1.807) is 0 Å². The average Bonchev–Trinajstić information content (AvgIpc) is 2.48. The first-order valence-corrected chi connectivity index (χ1v) is 7.80. The van der Waals surface area contributed by atoms with Gasteiger partial charge < -0.3 is 15.7 Å². The molecule has 6 heteroatoms. The van der Waals surface area contributed by atoms with E-state index in [2.05, 4.69) is 24.5 Å². The van der Waals surface area contributed by atoms with Crippen LogP contribution in [-0.4, -0.2) is 30.1 Å². The van der Waals surface area contributed by atoms with Gasteiger partial charge in [-0.3, -0.25) is 9.59 Å². The zero-order chi connectivity index (χ0) is 17.4. The standard InChI is InChI=1S/C17H25FN2O3/c1-11(2)9-13(7-8-21)10-19-16(22)17(23)20-15-6-4-5-14(18)12(15)3/h4-6,11,13,21H,7-10H2,1-3H3,(H,19,22)(H,20,23). The van der Waals surface area contributed by atoms with E-state index in [0.29, 0.717) is 18.9 Å². The van der Waals surface area contributed by atoms with E-state index in [9.17, 15) is 14.0 Å². The van der Waals surface area contributed by atoms with Gasteiger partial charge in [0.25, 0.3) is 0 Å². The third kappa shape index (κ3) is 6.36. The molecule has 1 aromatic rings. The SMILES string of the molecule is Cc1c(F)cccc1NC(=O)C(=O)NCC(CCO)CC(C)C. The van der Waals surface area contributed by atoms with Gasteiger partial charge in [0.05, 0.1) is 0 Å². The molecular weight excluding hydrogens is 299 g/mol. The number of aliphatic hydroxyl groups is 1. The van der Waals surface area contributed by atoms with Crippen molar-refractivity contribution in [2.45, 2.75) is 33.6 Å². The summed E-state index contributed by atoms with van der Waals surface area (Å²) in [5, 5.41) is 14.0. The highest BCUT2D eigenvalue weighted by Gasteiger charge is 2.18. The van der Waals surface area contributed by atoms with Crippen LogP contribution in [0.15, 0.2) is 18.2 Å². The molecular formula is C17H25FN2O3. The van der Waals surface area contributed by atoms with E-state index in [-0.39, 0.29) is 23.8 Å². The summed E-state index contributed by atoms with van der Waals surface area (Å²) in [4.78, 5) is 23.7. The molecule has 0 saturated heterocycles. The summed E-state index contributed by atoms with van der Waals surface area (Å²) in [5.74, 6) is -1.48. The van der Waals surface area contributed by atoms with Gasteiger partial charge in [-0.25, -0.2) is 4.39 Å². The molecule has 2 amide bonds. The van der Waals surface area contributed by atoms with Crippen LogP contribution in [-0.2, 0) is 9.59 Å². The summed E-state index contributed by atoms with van der Waals surface area (Å²) in [7, 11) is 0. The molecule has 3 N–H and O–H groups in total. The van der Waals surface area contributed by atoms with E-state index in [1.807, 2.05) is 0 Å². The topological polar surface area (TPSA) is 78.4 Å². The first-order chi connectivity index (χ1) is 10.8. The van der Waals surface area contributed by atoms with Crippen molar-refractivity contribution in [2.75, 3.05) is 18.5 Å². The number of benzene rings is 1. The minimum absolute atomic E-state index is 0.0436. The normalized spacial score (nSPS) is 12.1. The predicted molar refractivity (Wildman–Crippen MR) is 87.4 cm³/mol. The van der Waals surface area contributed by atoms with Crippen LogP contribution in [0.3, 0.4) is 0 Å². The van der Waals surface area contributed by atoms with Crippen molar-refractivity contribution in [1.29, 1.82) is 0 Å². The smallest absolute Gasteiger partial charge is 0.313 e. The van der Waals surface area contributed by atoms with Gasteiger partial charge in [-0.2, -0.15) is 0 Å². The first kappa shape index (κ1) is 19.1. The van der Waals surface area contributed by atoms with Crippen molar-refractivity contribution < 1.29 is 19.1 Å². The summed E-state index contributed by atoms with van der Waals surface area (Å²) in [6, 6.07) is 4.29. The second-order valence-electron chi connectivity index (χ2n) is 6.08. The van der Waals surface area contributed by atoms with Crippen molar-refractivity contribution in [3.63, 3.8) is 0 Å². The Hall–Kier alpha value is -1.95. The van der Waals surface area contributed by atoms with Gasteiger partial charge in [0, 0.05) is 24.4 Å². The number of carbonyl (C=O) groups excluding carboxylic acids is 2. The Balaban J connectivity index is 2.56. The monoisotopic (exact) mass is 324 g/mol. The van der Waals surface area contributed by atoms with Gasteiger partial charge in [-0.05, 0) is 43.7 Å². The van der Waals surface area contributed by atoms with Crippen LogP contribution in [0, 0.1) is 24.6 Å². The number of hydrogen-bond donors (Lipinski definition) is 3. The Kier molecular flexibility index (Phi) is 7.68. The average molecular weight is 324 g/mol. The molecule has 1 atom stereocenters. The van der Waals surface area contributed by atoms with Gasteiger partial charge >= 0.3 is 11.8 Å². The molecule has 0 spiro atoms. The summed E-state index contributed by atoms with van der Waals surface area (Å²) in [6.45, 7) is 6.02. The molecule has 0 saturated carbocycles. The molecule has 1 aromatic carbocycles. The summed E-state index contributed by atoms with van der Waals surface area (Å²) in [5.41, 5.74) is 0.561. The van der Waals surface area contributed by atoms with Crippen LogP contribution in [0.5, 0.6) is 0 Å². The maximum atomic E-state index is 13.4. The number of aliphatic hydroxyl groups excluding tert-OH is 1. The predicted octanol–water partition coefficient (Wildman–Crippen LogP) is 2.23. The molecule has 0 aromatic heterocycles. The maximum absolute atomic E-state index is 13.4. The van der Waals surface area contributed by atoms with Gasteiger partial charge in [-0.15, -0.1) is 0 Å². The van der Waals surface area contributed by atoms with Crippen LogP contribution >= 0.6 is 0 Å². The van der Waals surface area contributed by atoms with Crippen LogP contribution in [0.1, 0.15) is 32.3 Å². The van der Waals surface area contributed by atoms with Crippen LogP contribution in [0.25, 0.3) is 0 Å². The lowest BCUT2D eigenvalue weighted by atomic mass is 9.94. The molecule has 0 aliphatic heterocycles. The molecule has 128 valence electrons. The Morgan fingerprint density at radius 1 is 1.26 bits per heavy atom. The number of nitrogens with one attached hydrogen (secondary N) is 2. The Bertz CT molecular complexity index is 547. The van der Waals surface area contributed by atoms with Crippen molar-refractivity contribution in [3.05, 3.63) is 29.6 Å². The lowest BCUT2D eigenvalue weighted by Gasteiger charge is -2.18. The second kappa shape index (κ2) is 9.25. The van der Waals surface area contributed by atoms with Gasteiger partial charge in [0.15, 0.2) is 0 Å². The van der Waals surface area contributed by atoms with E-state index < -0.39 is 17.6 Å². The number of hydrogen-bond acceptors (Lipinski definition) is 3. The van der Waals surface area contributed by atoms with Gasteiger partial charge in [-0.1, -0.05) is 19.9 Å². The Morgan fingerprint density at radius 2 is 1.96 bits per heavy atom. The molecule has 1 rings (SSSR count). The molecule has 0 fully saturated rings. The zero-order valence-corrected chi connectivity index (χ0v) is 13.9. The maximum Gasteiger partial charge on any atom is 0.313 e. The Morgan fingerprint density at radius 3 is 2.57 bits per heavy atom. The summed E-state index contributed by atoms with van der Waals surface area (Å²) in [6.07, 6.45) is 1.43. The molecule has 0 aliphatic carbocycles. The number of halogens is 1. The highest BCUT2D eigenvalue weighted by molar-refractivity contribution is 6.39. The van der Waals surface area contributed by atoms with Crippen LogP contribution in [0.4, 0.5) is 10.1 Å². The van der Waals surface area contributed by atoms with Crippen molar-refractivity contribution in [1.82, 2.24) is 5.32 Å². The largest absolute Gasteiger partial charge is 0.396 e. The number of rotatable bonds is 7. The molecule has 1 unspecified atom stereocenters. The van der Waals surface area contributed by atoms with E-state index in [1.165, 1.54) is 25.1 Å². The highest BCUT2D eigenvalue weighted by Crippen LogP contribution is 2.17. The van der Waals surface area contributed by atoms with E-state index in [0.717, 1.165) is 6.42 Å². The quantitative estimate of drug-likeness (QED) is 0.673. The van der Waals surface area contributed by atoms with Gasteiger partial charge in [0.2, 0.25) is 0 Å². The van der Waals surface area contributed by atoms with Crippen molar-refractivity contribution in [3.8, 4) is 0 Å². The zero-order valence-electron chi connectivity index (χ0n) is 13.9. The Labute approximate surface area is 136 Å². The third-order valence-electron chi connectivity index (χ3n) is 3.62. The third-order valence-corrected chi connectivity index (χ3v) is 3.62.